The molecule has 1 saturated carbocycles. The first-order valence-electron chi connectivity index (χ1n) is 7.37. The fourth-order valence-electron chi connectivity index (χ4n) is 3.16. The smallest absolute Gasteiger partial charge is 0.231 e. The zero-order valence-electron chi connectivity index (χ0n) is 11.2. The summed E-state index contributed by atoms with van der Waals surface area (Å²) >= 11 is 0. The highest BCUT2D eigenvalue weighted by atomic mass is 16.5. The van der Waals surface area contributed by atoms with Gasteiger partial charge in [0.25, 0.3) is 0 Å². The lowest BCUT2D eigenvalue weighted by atomic mass is 9.83. The Morgan fingerprint density at radius 3 is 2.67 bits per heavy atom. The fourth-order valence-corrected chi connectivity index (χ4v) is 3.16. The quantitative estimate of drug-likeness (QED) is 0.875. The molecule has 0 bridgehead atoms. The topological polar surface area (TPSA) is 51.0 Å². The predicted molar refractivity (Wildman–Crippen MR) is 69.5 cm³/mol. The summed E-state index contributed by atoms with van der Waals surface area (Å²) < 4.78 is 5.48. The maximum absolute atomic E-state index is 5.48. The zero-order valence-corrected chi connectivity index (χ0v) is 11.2. The third-order valence-corrected chi connectivity index (χ3v) is 4.48. The molecule has 1 unspecified atom stereocenters. The molecule has 100 valence electrons. The molecule has 1 aromatic rings. The van der Waals surface area contributed by atoms with Crippen LogP contribution in [-0.4, -0.2) is 23.2 Å². The lowest BCUT2D eigenvalue weighted by molar-refractivity contribution is 0.307. The lowest BCUT2D eigenvalue weighted by Gasteiger charge is -2.23. The van der Waals surface area contributed by atoms with Gasteiger partial charge >= 0.3 is 0 Å². The van der Waals surface area contributed by atoms with E-state index in [2.05, 4.69) is 22.4 Å². The standard InChI is InChI=1S/C14H23N3O/c1-10-4-6-11(7-5-10)13-16-14(18-17-13)12-3-2-8-15-9-12/h10-12,15H,2-9H2,1H3. The summed E-state index contributed by atoms with van der Waals surface area (Å²) in [7, 11) is 0. The minimum Gasteiger partial charge on any atom is -0.339 e. The summed E-state index contributed by atoms with van der Waals surface area (Å²) in [6.07, 6.45) is 7.45. The van der Waals surface area contributed by atoms with Crippen molar-refractivity contribution in [3.63, 3.8) is 0 Å². The van der Waals surface area contributed by atoms with E-state index >= 15 is 0 Å². The van der Waals surface area contributed by atoms with Gasteiger partial charge in [0.05, 0.1) is 5.92 Å². The molecule has 2 aliphatic rings. The minimum atomic E-state index is 0.433. The fraction of sp³-hybridized carbons (Fsp3) is 0.857. The minimum absolute atomic E-state index is 0.433. The van der Waals surface area contributed by atoms with Gasteiger partial charge in [-0.25, -0.2) is 0 Å². The van der Waals surface area contributed by atoms with Crippen LogP contribution in [-0.2, 0) is 0 Å². The summed E-state index contributed by atoms with van der Waals surface area (Å²) in [6.45, 7) is 4.45. The number of hydrogen-bond donors (Lipinski definition) is 1. The van der Waals surface area contributed by atoms with Crippen LogP contribution in [0.1, 0.15) is 69.0 Å². The van der Waals surface area contributed by atoms with Gasteiger partial charge in [-0.1, -0.05) is 24.9 Å². The Kier molecular flexibility index (Phi) is 3.64. The molecule has 0 amide bonds. The third-order valence-electron chi connectivity index (χ3n) is 4.48. The molecule has 1 saturated heterocycles. The maximum Gasteiger partial charge on any atom is 0.231 e. The molecule has 1 aromatic heterocycles. The first-order valence-corrected chi connectivity index (χ1v) is 7.37. The molecule has 1 aliphatic carbocycles. The molecule has 1 atom stereocenters. The maximum atomic E-state index is 5.48. The van der Waals surface area contributed by atoms with Crippen LogP contribution in [0.5, 0.6) is 0 Å². The molecule has 2 fully saturated rings. The van der Waals surface area contributed by atoms with Crippen molar-refractivity contribution in [1.82, 2.24) is 15.5 Å². The summed E-state index contributed by atoms with van der Waals surface area (Å²) in [5, 5.41) is 7.63. The van der Waals surface area contributed by atoms with E-state index < -0.39 is 0 Å². The van der Waals surface area contributed by atoms with Crippen LogP contribution in [0.25, 0.3) is 0 Å². The number of piperidine rings is 1. The largest absolute Gasteiger partial charge is 0.339 e. The molecule has 1 aliphatic heterocycles. The van der Waals surface area contributed by atoms with E-state index in [0.717, 1.165) is 30.7 Å². The van der Waals surface area contributed by atoms with Crippen molar-refractivity contribution in [2.24, 2.45) is 5.92 Å². The molecule has 2 heterocycles. The highest BCUT2D eigenvalue weighted by molar-refractivity contribution is 5.01. The number of hydrogen-bond acceptors (Lipinski definition) is 4. The average Bonchev–Trinajstić information content (AvgIpc) is 2.90. The second-order valence-electron chi connectivity index (χ2n) is 5.99. The van der Waals surface area contributed by atoms with E-state index in [0.29, 0.717) is 11.8 Å². The molecule has 3 rings (SSSR count). The molecule has 4 heteroatoms. The Hall–Kier alpha value is -0.900. The Balaban J connectivity index is 1.65. The third kappa shape index (κ3) is 2.58. The van der Waals surface area contributed by atoms with Crippen molar-refractivity contribution >= 4 is 0 Å². The summed E-state index contributed by atoms with van der Waals surface area (Å²) in [4.78, 5) is 4.66. The van der Waals surface area contributed by atoms with Gasteiger partial charge in [0, 0.05) is 12.5 Å². The summed E-state index contributed by atoms with van der Waals surface area (Å²) in [6, 6.07) is 0. The summed E-state index contributed by atoms with van der Waals surface area (Å²) in [5.74, 6) is 3.66. The highest BCUT2D eigenvalue weighted by Crippen LogP contribution is 2.34. The van der Waals surface area contributed by atoms with E-state index in [9.17, 15) is 0 Å². The van der Waals surface area contributed by atoms with Gasteiger partial charge in [0.1, 0.15) is 0 Å². The number of nitrogens with one attached hydrogen (secondary N) is 1. The molecular formula is C14H23N3O. The first-order chi connectivity index (χ1) is 8.83. The Morgan fingerprint density at radius 1 is 1.11 bits per heavy atom. The normalized spacial score (nSPS) is 33.5. The monoisotopic (exact) mass is 249 g/mol. The van der Waals surface area contributed by atoms with E-state index in [1.54, 1.807) is 0 Å². The van der Waals surface area contributed by atoms with Crippen LogP contribution < -0.4 is 5.32 Å². The number of nitrogens with zero attached hydrogens (tertiary/aromatic N) is 2. The predicted octanol–water partition coefficient (Wildman–Crippen LogP) is 2.83. The number of rotatable bonds is 2. The zero-order chi connectivity index (χ0) is 12.4. The molecule has 1 N–H and O–H groups in total. The van der Waals surface area contributed by atoms with Crippen molar-refractivity contribution in [2.45, 2.75) is 57.3 Å². The van der Waals surface area contributed by atoms with Gasteiger partial charge in [0.2, 0.25) is 5.89 Å². The van der Waals surface area contributed by atoms with Gasteiger partial charge in [-0.05, 0) is 38.1 Å². The average molecular weight is 249 g/mol. The van der Waals surface area contributed by atoms with Crippen molar-refractivity contribution in [2.75, 3.05) is 13.1 Å². The Morgan fingerprint density at radius 2 is 1.94 bits per heavy atom. The molecule has 0 radical (unpaired) electrons. The first kappa shape index (κ1) is 12.2. The van der Waals surface area contributed by atoms with Crippen LogP contribution in [0.15, 0.2) is 4.52 Å². The van der Waals surface area contributed by atoms with Gasteiger partial charge in [0.15, 0.2) is 5.82 Å². The van der Waals surface area contributed by atoms with Crippen molar-refractivity contribution in [1.29, 1.82) is 0 Å². The molecule has 0 spiro atoms. The Bertz CT molecular complexity index is 376. The van der Waals surface area contributed by atoms with Crippen LogP contribution in [0.3, 0.4) is 0 Å². The van der Waals surface area contributed by atoms with Gasteiger partial charge in [-0.3, -0.25) is 0 Å². The van der Waals surface area contributed by atoms with E-state index in [1.807, 2.05) is 0 Å². The van der Waals surface area contributed by atoms with Crippen molar-refractivity contribution < 1.29 is 4.52 Å². The van der Waals surface area contributed by atoms with Crippen LogP contribution in [0, 0.1) is 5.92 Å². The number of aromatic nitrogens is 2. The molecule has 18 heavy (non-hydrogen) atoms. The van der Waals surface area contributed by atoms with Crippen LogP contribution in [0.4, 0.5) is 0 Å². The molecule has 0 aromatic carbocycles. The van der Waals surface area contributed by atoms with Crippen molar-refractivity contribution in [3.05, 3.63) is 11.7 Å². The second-order valence-corrected chi connectivity index (χ2v) is 5.99. The second kappa shape index (κ2) is 5.39. The van der Waals surface area contributed by atoms with E-state index in [-0.39, 0.29) is 0 Å². The van der Waals surface area contributed by atoms with Crippen LogP contribution in [0.2, 0.25) is 0 Å². The Labute approximate surface area is 109 Å². The lowest BCUT2D eigenvalue weighted by Crippen LogP contribution is -2.28. The van der Waals surface area contributed by atoms with Gasteiger partial charge < -0.3 is 9.84 Å². The molecular weight excluding hydrogens is 226 g/mol. The highest BCUT2D eigenvalue weighted by Gasteiger charge is 2.26. The van der Waals surface area contributed by atoms with Crippen molar-refractivity contribution in [3.8, 4) is 0 Å². The van der Waals surface area contributed by atoms with Crippen LogP contribution >= 0.6 is 0 Å². The molecule has 4 nitrogen and oxygen atoms in total. The van der Waals surface area contributed by atoms with Gasteiger partial charge in [-0.15, -0.1) is 0 Å². The van der Waals surface area contributed by atoms with Gasteiger partial charge in [-0.2, -0.15) is 4.98 Å². The van der Waals surface area contributed by atoms with E-state index in [1.165, 1.54) is 38.5 Å². The summed E-state index contributed by atoms with van der Waals surface area (Å²) in [5.41, 5.74) is 0. The SMILES string of the molecule is CC1CCC(c2noc(C3CCCNC3)n2)CC1. The van der Waals surface area contributed by atoms with E-state index in [4.69, 9.17) is 4.52 Å².